The van der Waals surface area contributed by atoms with E-state index in [2.05, 4.69) is 28.9 Å². The van der Waals surface area contributed by atoms with Crippen LogP contribution < -0.4 is 14.8 Å². The van der Waals surface area contributed by atoms with Gasteiger partial charge in [0.1, 0.15) is 5.69 Å². The highest BCUT2D eigenvalue weighted by Gasteiger charge is 2.46. The van der Waals surface area contributed by atoms with Gasteiger partial charge in [-0.1, -0.05) is 38.1 Å². The predicted molar refractivity (Wildman–Crippen MR) is 132 cm³/mol. The van der Waals surface area contributed by atoms with Gasteiger partial charge >= 0.3 is 6.61 Å². The van der Waals surface area contributed by atoms with E-state index in [0.717, 1.165) is 11.1 Å². The first kappa shape index (κ1) is 27.0. The van der Waals surface area contributed by atoms with Crippen molar-refractivity contribution < 1.29 is 27.3 Å². The van der Waals surface area contributed by atoms with Crippen molar-refractivity contribution in [2.45, 2.75) is 62.7 Å². The number of ether oxygens (including phenoxy) is 2. The number of nitrogens with zero attached hydrogens (tertiary/aromatic N) is 2. The number of nitrogens with one attached hydrogen (secondary N) is 1. The number of aromatic nitrogens is 1. The third-order valence-electron chi connectivity index (χ3n) is 6.46. The molecule has 35 heavy (non-hydrogen) atoms. The van der Waals surface area contributed by atoms with E-state index in [0.29, 0.717) is 25.7 Å². The van der Waals surface area contributed by atoms with Gasteiger partial charge in [-0.25, -0.2) is 8.51 Å². The van der Waals surface area contributed by atoms with Crippen molar-refractivity contribution >= 4 is 22.6 Å². The number of anilines is 1. The molecule has 1 unspecified atom stereocenters. The molecule has 1 N–H and O–H groups in total. The van der Waals surface area contributed by atoms with Crippen LogP contribution in [0.3, 0.4) is 0 Å². The van der Waals surface area contributed by atoms with E-state index >= 15 is 0 Å². The first-order valence-corrected chi connectivity index (χ1v) is 12.7. The Bertz CT molecular complexity index is 1060. The van der Waals surface area contributed by atoms with Gasteiger partial charge in [-0.3, -0.25) is 4.79 Å². The van der Waals surface area contributed by atoms with Crippen molar-refractivity contribution in [1.29, 1.82) is 0 Å². The number of hydrogen-bond donors (Lipinski definition) is 1. The molecule has 192 valence electrons. The van der Waals surface area contributed by atoms with Gasteiger partial charge in [-0.2, -0.15) is 13.8 Å². The molecule has 0 aliphatic heterocycles. The molecule has 1 atom stereocenters. The summed E-state index contributed by atoms with van der Waals surface area (Å²) in [6.07, 6.45) is 2.13. The maximum absolute atomic E-state index is 14.0. The summed E-state index contributed by atoms with van der Waals surface area (Å²) in [6, 6.07) is 10.7. The van der Waals surface area contributed by atoms with E-state index in [1.54, 1.807) is 18.4 Å². The second-order valence-corrected chi connectivity index (χ2v) is 11.1. The molecular formula is C25H33F2N3O4S. The van der Waals surface area contributed by atoms with Crippen molar-refractivity contribution in [1.82, 2.24) is 9.29 Å². The fraction of sp³-hybridized carbons (Fsp3) is 0.520. The van der Waals surface area contributed by atoms with E-state index in [1.807, 2.05) is 24.3 Å². The van der Waals surface area contributed by atoms with Gasteiger partial charge < -0.3 is 14.8 Å². The van der Waals surface area contributed by atoms with Crippen LogP contribution in [-0.4, -0.2) is 52.5 Å². The average molecular weight is 510 g/mol. The zero-order chi connectivity index (χ0) is 25.8. The molecule has 1 heterocycles. The fourth-order valence-corrected chi connectivity index (χ4v) is 5.92. The third-order valence-corrected chi connectivity index (χ3v) is 8.22. The topological polar surface area (TPSA) is 80.8 Å². The Kier molecular flexibility index (Phi) is 8.82. The Hall–Kier alpha value is -2.59. The number of amides is 1. The standard InChI is InChI=1S/C25H33F2N3O4S/c1-16(2)18-8-6-7-9-19(18)25(14-12-17(13-15-25)35(32)30(3)4)23(31)28-20-10-11-21(33-5)29-22(20)34-24(26)27/h6-11,16-17,24H,12-15H2,1-5H3,(H,28,31). The molecule has 3 rings (SSSR count). The molecule has 1 fully saturated rings. The highest BCUT2D eigenvalue weighted by atomic mass is 32.2. The van der Waals surface area contributed by atoms with Crippen LogP contribution in [0.5, 0.6) is 11.8 Å². The summed E-state index contributed by atoms with van der Waals surface area (Å²) in [5.41, 5.74) is 1.07. The molecular weight excluding hydrogens is 476 g/mol. The highest BCUT2D eigenvalue weighted by Crippen LogP contribution is 2.45. The minimum atomic E-state index is -3.11. The lowest BCUT2D eigenvalue weighted by molar-refractivity contribution is -0.122. The largest absolute Gasteiger partial charge is 0.481 e. The smallest absolute Gasteiger partial charge is 0.388 e. The normalized spacial score (nSPS) is 21.3. The van der Waals surface area contributed by atoms with E-state index in [-0.39, 0.29) is 28.6 Å². The lowest BCUT2D eigenvalue weighted by Gasteiger charge is -2.41. The lowest BCUT2D eigenvalue weighted by Crippen LogP contribution is -2.46. The van der Waals surface area contributed by atoms with E-state index < -0.39 is 28.9 Å². The Labute approximate surface area is 207 Å². The number of hydrogen-bond acceptors (Lipinski definition) is 5. The van der Waals surface area contributed by atoms with Crippen LogP contribution in [0.15, 0.2) is 36.4 Å². The molecule has 1 aliphatic carbocycles. The molecule has 1 amide bonds. The lowest BCUT2D eigenvalue weighted by atomic mass is 9.66. The number of alkyl halides is 2. The summed E-state index contributed by atoms with van der Waals surface area (Å²) in [5.74, 6) is -0.483. The van der Waals surface area contributed by atoms with Crippen LogP contribution in [0, 0.1) is 0 Å². The average Bonchev–Trinajstić information content (AvgIpc) is 2.84. The number of methoxy groups -OCH3 is 1. The number of pyridine rings is 1. The molecule has 1 aromatic carbocycles. The predicted octanol–water partition coefficient (Wildman–Crippen LogP) is 4.86. The summed E-state index contributed by atoms with van der Waals surface area (Å²) in [5, 5.41) is 2.75. The van der Waals surface area contributed by atoms with Crippen LogP contribution in [-0.2, 0) is 21.2 Å². The molecule has 10 heteroatoms. The second-order valence-electron chi connectivity index (χ2n) is 9.15. The van der Waals surface area contributed by atoms with Crippen molar-refractivity contribution in [2.75, 3.05) is 26.5 Å². The number of halogens is 2. The zero-order valence-corrected chi connectivity index (χ0v) is 21.5. The Morgan fingerprint density at radius 2 is 1.83 bits per heavy atom. The van der Waals surface area contributed by atoms with Gasteiger partial charge in [0.05, 0.1) is 23.5 Å². The minimum absolute atomic E-state index is 0.0384. The number of benzene rings is 1. The van der Waals surface area contributed by atoms with Crippen LogP contribution in [0.25, 0.3) is 0 Å². The first-order valence-electron chi connectivity index (χ1n) is 11.6. The molecule has 0 spiro atoms. The Morgan fingerprint density at radius 1 is 1.17 bits per heavy atom. The van der Waals surface area contributed by atoms with Crippen molar-refractivity contribution in [3.05, 3.63) is 47.5 Å². The number of rotatable bonds is 9. The monoisotopic (exact) mass is 509 g/mol. The van der Waals surface area contributed by atoms with Gasteiger partial charge in [0.2, 0.25) is 17.7 Å². The van der Waals surface area contributed by atoms with Gasteiger partial charge in [0.15, 0.2) is 0 Å². The molecule has 0 bridgehead atoms. The van der Waals surface area contributed by atoms with E-state index in [4.69, 9.17) is 4.74 Å². The summed E-state index contributed by atoms with van der Waals surface area (Å²) < 4.78 is 50.1. The molecule has 1 aliphatic rings. The summed E-state index contributed by atoms with van der Waals surface area (Å²) in [7, 11) is 3.76. The molecule has 7 nitrogen and oxygen atoms in total. The quantitative estimate of drug-likeness (QED) is 0.522. The van der Waals surface area contributed by atoms with Crippen molar-refractivity contribution in [3.63, 3.8) is 0 Å². The second kappa shape index (κ2) is 11.4. The van der Waals surface area contributed by atoms with Gasteiger partial charge in [0.25, 0.3) is 0 Å². The number of carbonyl (C=O) groups is 1. The highest BCUT2D eigenvalue weighted by molar-refractivity contribution is 7.83. The molecule has 0 radical (unpaired) electrons. The van der Waals surface area contributed by atoms with E-state index in [1.165, 1.54) is 19.2 Å². The Morgan fingerprint density at radius 3 is 2.40 bits per heavy atom. The van der Waals surface area contributed by atoms with Crippen molar-refractivity contribution in [3.8, 4) is 11.8 Å². The zero-order valence-electron chi connectivity index (χ0n) is 20.7. The van der Waals surface area contributed by atoms with Crippen LogP contribution in [0.4, 0.5) is 14.5 Å². The van der Waals surface area contributed by atoms with Gasteiger partial charge in [0, 0.05) is 11.3 Å². The molecule has 0 saturated heterocycles. The maximum Gasteiger partial charge on any atom is 0.388 e. The SMILES string of the molecule is COc1ccc(NC(=O)C2(c3ccccc3C(C)C)CCC(S(=O)N(C)C)CC2)c(OC(F)F)n1. The van der Waals surface area contributed by atoms with Crippen LogP contribution in [0.2, 0.25) is 0 Å². The van der Waals surface area contributed by atoms with Gasteiger partial charge in [-0.15, -0.1) is 0 Å². The number of carbonyl (C=O) groups excluding carboxylic acids is 1. The fourth-order valence-electron chi connectivity index (χ4n) is 4.69. The van der Waals surface area contributed by atoms with Crippen LogP contribution >= 0.6 is 0 Å². The summed E-state index contributed by atoms with van der Waals surface area (Å²) in [4.78, 5) is 17.9. The van der Waals surface area contributed by atoms with E-state index in [9.17, 15) is 17.8 Å². The molecule has 1 saturated carbocycles. The van der Waals surface area contributed by atoms with Crippen molar-refractivity contribution in [2.24, 2.45) is 0 Å². The van der Waals surface area contributed by atoms with Gasteiger partial charge in [-0.05, 0) is 62.9 Å². The van der Waals surface area contributed by atoms with Crippen LogP contribution in [0.1, 0.15) is 56.6 Å². The maximum atomic E-state index is 14.0. The third kappa shape index (κ3) is 5.98. The summed E-state index contributed by atoms with van der Waals surface area (Å²) >= 11 is 0. The Balaban J connectivity index is 2.02. The summed E-state index contributed by atoms with van der Waals surface area (Å²) in [6.45, 7) is 1.02. The molecule has 2 aromatic rings. The molecule has 1 aromatic heterocycles. The first-order chi connectivity index (χ1) is 16.6. The minimum Gasteiger partial charge on any atom is -0.481 e.